The molecule has 4 heteroatoms. The molecule has 0 aromatic heterocycles. The quantitative estimate of drug-likeness (QED) is 0.404. The van der Waals surface area contributed by atoms with Gasteiger partial charge in [0.15, 0.2) is 17.7 Å². The standard InChI is InChI=1S/C6H4F2NO/c7-4-2-1-3-5(8)6(4)9-10/h1-2,4,10H. The zero-order valence-corrected chi connectivity index (χ0v) is 4.88. The van der Waals surface area contributed by atoms with Crippen molar-refractivity contribution in [2.75, 3.05) is 0 Å². The summed E-state index contributed by atoms with van der Waals surface area (Å²) in [5.74, 6) is -0.961. The number of rotatable bonds is 0. The predicted molar refractivity (Wildman–Crippen MR) is 31.1 cm³/mol. The summed E-state index contributed by atoms with van der Waals surface area (Å²) in [6.07, 6.45) is 2.54. The van der Waals surface area contributed by atoms with Crippen molar-refractivity contribution in [2.45, 2.75) is 6.17 Å². The fourth-order valence-corrected chi connectivity index (χ4v) is 0.591. The molecule has 10 heavy (non-hydrogen) atoms. The number of hydrogen-bond donors (Lipinski definition) is 1. The summed E-state index contributed by atoms with van der Waals surface area (Å²) in [5.41, 5.74) is -0.623. The molecule has 0 fully saturated rings. The third kappa shape index (κ3) is 1.05. The molecule has 1 rings (SSSR count). The number of oxime groups is 1. The van der Waals surface area contributed by atoms with E-state index < -0.39 is 17.7 Å². The lowest BCUT2D eigenvalue weighted by molar-refractivity contribution is 0.310. The first-order valence-electron chi connectivity index (χ1n) is 2.57. The van der Waals surface area contributed by atoms with E-state index in [1.807, 2.05) is 0 Å². The molecule has 53 valence electrons. The maximum absolute atomic E-state index is 12.4. The van der Waals surface area contributed by atoms with Gasteiger partial charge in [-0.2, -0.15) is 0 Å². The first kappa shape index (κ1) is 6.92. The van der Waals surface area contributed by atoms with Crippen LogP contribution in [-0.4, -0.2) is 17.1 Å². The first-order chi connectivity index (χ1) is 4.75. The topological polar surface area (TPSA) is 32.6 Å². The molecule has 0 heterocycles. The molecule has 0 bridgehead atoms. The molecular formula is C6H4F2NO. The highest BCUT2D eigenvalue weighted by molar-refractivity contribution is 6.02. The Labute approximate surface area is 56.2 Å². The zero-order chi connectivity index (χ0) is 7.56. The Morgan fingerprint density at radius 2 is 2.40 bits per heavy atom. The number of halogens is 2. The summed E-state index contributed by atoms with van der Waals surface area (Å²) < 4.78 is 24.7. The second-order valence-corrected chi connectivity index (χ2v) is 1.70. The van der Waals surface area contributed by atoms with Crippen LogP contribution in [0.25, 0.3) is 0 Å². The molecule has 0 aromatic rings. The lowest BCUT2D eigenvalue weighted by Gasteiger charge is -2.05. The van der Waals surface area contributed by atoms with Crippen LogP contribution in [0.4, 0.5) is 8.78 Å². The number of alkyl halides is 1. The largest absolute Gasteiger partial charge is 0.410 e. The Morgan fingerprint density at radius 3 is 2.80 bits per heavy atom. The molecule has 0 aliphatic heterocycles. The second kappa shape index (κ2) is 2.60. The lowest BCUT2D eigenvalue weighted by atomic mass is 10.1. The fraction of sp³-hybridized carbons (Fsp3) is 0.167. The number of allylic oxidation sites excluding steroid dienone is 4. The third-order valence-electron chi connectivity index (χ3n) is 1.07. The van der Waals surface area contributed by atoms with E-state index in [0.29, 0.717) is 0 Å². The van der Waals surface area contributed by atoms with Gasteiger partial charge in [-0.25, -0.2) is 8.78 Å². The molecule has 0 spiro atoms. The Balaban J connectivity index is 2.93. The van der Waals surface area contributed by atoms with E-state index in [9.17, 15) is 8.78 Å². The van der Waals surface area contributed by atoms with Crippen molar-refractivity contribution in [1.29, 1.82) is 0 Å². The molecule has 1 N–H and O–H groups in total. The lowest BCUT2D eigenvalue weighted by Crippen LogP contribution is -2.16. The van der Waals surface area contributed by atoms with Crippen LogP contribution in [0.1, 0.15) is 0 Å². The summed E-state index contributed by atoms with van der Waals surface area (Å²) in [6, 6.07) is 0. The minimum Gasteiger partial charge on any atom is -0.410 e. The molecule has 1 unspecified atom stereocenters. The molecule has 1 aliphatic carbocycles. The van der Waals surface area contributed by atoms with E-state index in [-0.39, 0.29) is 0 Å². The van der Waals surface area contributed by atoms with Gasteiger partial charge >= 0.3 is 0 Å². The molecule has 0 amide bonds. The van der Waals surface area contributed by atoms with Crippen molar-refractivity contribution in [3.63, 3.8) is 0 Å². The van der Waals surface area contributed by atoms with Gasteiger partial charge in [-0.3, -0.25) is 0 Å². The van der Waals surface area contributed by atoms with E-state index in [2.05, 4.69) is 11.2 Å². The average molecular weight is 144 g/mol. The fourth-order valence-electron chi connectivity index (χ4n) is 0.591. The van der Waals surface area contributed by atoms with Crippen LogP contribution >= 0.6 is 0 Å². The second-order valence-electron chi connectivity index (χ2n) is 1.70. The molecule has 0 aromatic carbocycles. The third-order valence-corrected chi connectivity index (χ3v) is 1.07. The monoisotopic (exact) mass is 144 g/mol. The van der Waals surface area contributed by atoms with E-state index >= 15 is 0 Å². The number of nitrogens with zero attached hydrogens (tertiary/aromatic N) is 1. The van der Waals surface area contributed by atoms with Crippen molar-refractivity contribution in [3.8, 4) is 0 Å². The number of hydrogen-bond acceptors (Lipinski definition) is 2. The van der Waals surface area contributed by atoms with Crippen molar-refractivity contribution >= 4 is 5.71 Å². The van der Waals surface area contributed by atoms with E-state index in [1.54, 1.807) is 0 Å². The summed E-state index contributed by atoms with van der Waals surface area (Å²) in [6.45, 7) is 0. The summed E-state index contributed by atoms with van der Waals surface area (Å²) in [7, 11) is 0. The smallest absolute Gasteiger partial charge is 0.167 e. The van der Waals surface area contributed by atoms with Gasteiger partial charge in [0.1, 0.15) is 0 Å². The van der Waals surface area contributed by atoms with Crippen molar-refractivity contribution < 1.29 is 14.0 Å². The van der Waals surface area contributed by atoms with Crippen LogP contribution in [0.15, 0.2) is 23.1 Å². The van der Waals surface area contributed by atoms with Crippen molar-refractivity contribution in [3.05, 3.63) is 24.1 Å². The summed E-state index contributed by atoms with van der Waals surface area (Å²) in [5, 5.41) is 10.5. The van der Waals surface area contributed by atoms with Crippen LogP contribution in [0.2, 0.25) is 0 Å². The molecule has 0 saturated heterocycles. The van der Waals surface area contributed by atoms with Gasteiger partial charge in [-0.1, -0.05) is 11.2 Å². The predicted octanol–water partition coefficient (Wildman–Crippen LogP) is 1.38. The van der Waals surface area contributed by atoms with E-state index in [4.69, 9.17) is 5.21 Å². The Bertz CT molecular complexity index is 220. The van der Waals surface area contributed by atoms with Gasteiger partial charge in [0, 0.05) is 6.08 Å². The summed E-state index contributed by atoms with van der Waals surface area (Å²) in [4.78, 5) is 0. The van der Waals surface area contributed by atoms with E-state index in [1.165, 1.54) is 0 Å². The molecule has 1 atom stereocenters. The van der Waals surface area contributed by atoms with Gasteiger partial charge < -0.3 is 5.21 Å². The van der Waals surface area contributed by atoms with Crippen molar-refractivity contribution in [2.24, 2.45) is 5.16 Å². The van der Waals surface area contributed by atoms with Crippen LogP contribution in [0.3, 0.4) is 0 Å². The van der Waals surface area contributed by atoms with Gasteiger partial charge in [0.2, 0.25) is 0 Å². The first-order valence-corrected chi connectivity index (χ1v) is 2.57. The molecule has 1 radical (unpaired) electrons. The molecule has 1 aliphatic rings. The highest BCUT2D eigenvalue weighted by Gasteiger charge is 2.19. The minimum absolute atomic E-state index is 0.623. The average Bonchev–Trinajstić information content (AvgIpc) is 1.88. The maximum Gasteiger partial charge on any atom is 0.167 e. The maximum atomic E-state index is 12.4. The Morgan fingerprint density at radius 1 is 1.70 bits per heavy atom. The Kier molecular flexibility index (Phi) is 1.80. The van der Waals surface area contributed by atoms with Crippen LogP contribution < -0.4 is 0 Å². The van der Waals surface area contributed by atoms with E-state index in [0.717, 1.165) is 12.2 Å². The van der Waals surface area contributed by atoms with Crippen LogP contribution in [0.5, 0.6) is 0 Å². The SMILES string of the molecule is ON=C1C(F)=[C]C=CC1F. The minimum atomic E-state index is -1.66. The normalized spacial score (nSPS) is 28.8. The van der Waals surface area contributed by atoms with Gasteiger partial charge in [-0.15, -0.1) is 0 Å². The zero-order valence-electron chi connectivity index (χ0n) is 4.88. The molecule has 0 saturated carbocycles. The molecular weight excluding hydrogens is 140 g/mol. The summed E-state index contributed by atoms with van der Waals surface area (Å²) >= 11 is 0. The Hall–Kier alpha value is -1.19. The van der Waals surface area contributed by atoms with Gasteiger partial charge in [0.25, 0.3) is 0 Å². The van der Waals surface area contributed by atoms with Gasteiger partial charge in [-0.05, 0) is 6.08 Å². The highest BCUT2D eigenvalue weighted by atomic mass is 19.1. The van der Waals surface area contributed by atoms with Gasteiger partial charge in [0.05, 0.1) is 0 Å². The van der Waals surface area contributed by atoms with Crippen LogP contribution in [-0.2, 0) is 0 Å². The van der Waals surface area contributed by atoms with Crippen molar-refractivity contribution in [1.82, 2.24) is 0 Å². The van der Waals surface area contributed by atoms with Crippen LogP contribution in [0, 0.1) is 6.08 Å². The highest BCUT2D eigenvalue weighted by Crippen LogP contribution is 2.12. The molecule has 2 nitrogen and oxygen atoms in total.